The number of halogens is 2. The molecule has 23 heavy (non-hydrogen) atoms. The number of amides is 1. The summed E-state index contributed by atoms with van der Waals surface area (Å²) in [4.78, 5) is 12.2. The SMILES string of the molecule is CC(C)(Cc1ccccc1)NC(=O)CCc1c(Cl)cccc1Cl. The summed E-state index contributed by atoms with van der Waals surface area (Å²) < 4.78 is 0. The third-order valence-corrected chi connectivity index (χ3v) is 4.34. The van der Waals surface area contributed by atoms with Crippen LogP contribution in [0, 0.1) is 0 Å². The van der Waals surface area contributed by atoms with Crippen molar-refractivity contribution in [3.05, 3.63) is 69.7 Å². The Labute approximate surface area is 147 Å². The maximum atomic E-state index is 12.2. The molecule has 2 nitrogen and oxygen atoms in total. The molecule has 0 atom stereocenters. The highest BCUT2D eigenvalue weighted by molar-refractivity contribution is 6.36. The minimum absolute atomic E-state index is 0.00178. The van der Waals surface area contributed by atoms with E-state index in [-0.39, 0.29) is 11.4 Å². The molecule has 0 heterocycles. The summed E-state index contributed by atoms with van der Waals surface area (Å²) in [6, 6.07) is 15.5. The van der Waals surface area contributed by atoms with Gasteiger partial charge < -0.3 is 5.32 Å². The van der Waals surface area contributed by atoms with Crippen molar-refractivity contribution < 1.29 is 4.79 Å². The second-order valence-corrected chi connectivity index (χ2v) is 7.11. The van der Waals surface area contributed by atoms with Gasteiger partial charge in [-0.05, 0) is 49.9 Å². The highest BCUT2D eigenvalue weighted by Crippen LogP contribution is 2.25. The van der Waals surface area contributed by atoms with Crippen LogP contribution in [0.15, 0.2) is 48.5 Å². The van der Waals surface area contributed by atoms with E-state index < -0.39 is 0 Å². The molecule has 0 aliphatic rings. The van der Waals surface area contributed by atoms with Crippen molar-refractivity contribution in [1.82, 2.24) is 5.32 Å². The smallest absolute Gasteiger partial charge is 0.220 e. The van der Waals surface area contributed by atoms with Crippen molar-refractivity contribution in [2.75, 3.05) is 0 Å². The van der Waals surface area contributed by atoms with Gasteiger partial charge in [0.1, 0.15) is 0 Å². The third kappa shape index (κ3) is 5.56. The van der Waals surface area contributed by atoms with Gasteiger partial charge in [-0.15, -0.1) is 0 Å². The third-order valence-electron chi connectivity index (χ3n) is 3.63. The molecule has 1 amide bonds. The summed E-state index contributed by atoms with van der Waals surface area (Å²) in [5.74, 6) is 0.00178. The summed E-state index contributed by atoms with van der Waals surface area (Å²) >= 11 is 12.3. The molecule has 0 saturated carbocycles. The van der Waals surface area contributed by atoms with Gasteiger partial charge in [-0.2, -0.15) is 0 Å². The lowest BCUT2D eigenvalue weighted by Crippen LogP contribution is -2.45. The van der Waals surface area contributed by atoms with Crippen molar-refractivity contribution in [3.8, 4) is 0 Å². The monoisotopic (exact) mass is 349 g/mol. The fourth-order valence-electron chi connectivity index (χ4n) is 2.60. The van der Waals surface area contributed by atoms with Crippen molar-refractivity contribution in [1.29, 1.82) is 0 Å². The Morgan fingerprint density at radius 2 is 1.61 bits per heavy atom. The predicted molar refractivity (Wildman–Crippen MR) is 97.2 cm³/mol. The molecular weight excluding hydrogens is 329 g/mol. The fourth-order valence-corrected chi connectivity index (χ4v) is 3.19. The molecular formula is C19H21Cl2NO. The first-order chi connectivity index (χ1) is 10.9. The Balaban J connectivity index is 1.91. The maximum Gasteiger partial charge on any atom is 0.220 e. The normalized spacial score (nSPS) is 11.3. The molecule has 0 bridgehead atoms. The lowest BCUT2D eigenvalue weighted by Gasteiger charge is -2.26. The van der Waals surface area contributed by atoms with Gasteiger partial charge in [-0.3, -0.25) is 4.79 Å². The molecule has 2 rings (SSSR count). The van der Waals surface area contributed by atoms with E-state index in [1.54, 1.807) is 18.2 Å². The number of carbonyl (C=O) groups is 1. The fraction of sp³-hybridized carbons (Fsp3) is 0.316. The van der Waals surface area contributed by atoms with Crippen LogP contribution in [0.4, 0.5) is 0 Å². The second kappa shape index (κ2) is 7.85. The number of benzene rings is 2. The average molecular weight is 350 g/mol. The average Bonchev–Trinajstić information content (AvgIpc) is 2.46. The first-order valence-corrected chi connectivity index (χ1v) is 8.41. The van der Waals surface area contributed by atoms with E-state index in [2.05, 4.69) is 17.4 Å². The molecule has 0 aliphatic carbocycles. The van der Waals surface area contributed by atoms with Crippen molar-refractivity contribution >= 4 is 29.1 Å². The standard InChI is InChI=1S/C19H21Cl2NO/c1-19(2,13-14-7-4-3-5-8-14)22-18(23)12-11-15-16(20)9-6-10-17(15)21/h3-10H,11-13H2,1-2H3,(H,22,23). The first-order valence-electron chi connectivity index (χ1n) is 7.65. The van der Waals surface area contributed by atoms with Crippen LogP contribution in [0.5, 0.6) is 0 Å². The van der Waals surface area contributed by atoms with Crippen LogP contribution >= 0.6 is 23.2 Å². The number of carbonyl (C=O) groups excluding carboxylic acids is 1. The Morgan fingerprint density at radius 3 is 2.22 bits per heavy atom. The summed E-state index contributed by atoms with van der Waals surface area (Å²) in [6.07, 6.45) is 1.68. The van der Waals surface area contributed by atoms with E-state index >= 15 is 0 Å². The Hall–Kier alpha value is -1.51. The van der Waals surface area contributed by atoms with Crippen LogP contribution in [0.2, 0.25) is 10.0 Å². The summed E-state index contributed by atoms with van der Waals surface area (Å²) in [6.45, 7) is 4.06. The number of hydrogen-bond acceptors (Lipinski definition) is 1. The van der Waals surface area contributed by atoms with E-state index in [4.69, 9.17) is 23.2 Å². The molecule has 2 aromatic rings. The zero-order valence-electron chi connectivity index (χ0n) is 13.4. The van der Waals surface area contributed by atoms with Crippen LogP contribution in [-0.4, -0.2) is 11.4 Å². The lowest BCUT2D eigenvalue weighted by atomic mass is 9.94. The molecule has 0 aliphatic heterocycles. The summed E-state index contributed by atoms with van der Waals surface area (Å²) in [7, 11) is 0. The molecule has 1 N–H and O–H groups in total. The van der Waals surface area contributed by atoms with E-state index in [9.17, 15) is 4.79 Å². The molecule has 0 fully saturated rings. The molecule has 2 aromatic carbocycles. The van der Waals surface area contributed by atoms with Crippen LogP contribution in [0.1, 0.15) is 31.4 Å². The molecule has 0 saturated heterocycles. The van der Waals surface area contributed by atoms with E-state index in [0.717, 1.165) is 12.0 Å². The quantitative estimate of drug-likeness (QED) is 0.775. The molecule has 122 valence electrons. The van der Waals surface area contributed by atoms with Gasteiger partial charge in [0.25, 0.3) is 0 Å². The zero-order valence-corrected chi connectivity index (χ0v) is 14.9. The highest BCUT2D eigenvalue weighted by Gasteiger charge is 2.21. The number of nitrogens with one attached hydrogen (secondary N) is 1. The Kier molecular flexibility index (Phi) is 6.09. The highest BCUT2D eigenvalue weighted by atomic mass is 35.5. The van der Waals surface area contributed by atoms with E-state index in [1.165, 1.54) is 5.56 Å². The van der Waals surface area contributed by atoms with Crippen LogP contribution in [0.3, 0.4) is 0 Å². The van der Waals surface area contributed by atoms with E-state index in [0.29, 0.717) is 22.9 Å². The van der Waals surface area contributed by atoms with Crippen LogP contribution in [-0.2, 0) is 17.6 Å². The number of hydrogen-bond donors (Lipinski definition) is 1. The summed E-state index contributed by atoms with van der Waals surface area (Å²) in [5.41, 5.74) is 1.72. The van der Waals surface area contributed by atoms with Crippen LogP contribution in [0.25, 0.3) is 0 Å². The topological polar surface area (TPSA) is 29.1 Å². The minimum atomic E-state index is -0.303. The predicted octanol–water partition coefficient (Wildman–Crippen LogP) is 5.06. The lowest BCUT2D eigenvalue weighted by molar-refractivity contribution is -0.122. The minimum Gasteiger partial charge on any atom is -0.351 e. The van der Waals surface area contributed by atoms with Gasteiger partial charge >= 0.3 is 0 Å². The van der Waals surface area contributed by atoms with Gasteiger partial charge in [0.15, 0.2) is 0 Å². The van der Waals surface area contributed by atoms with Gasteiger partial charge in [-0.1, -0.05) is 59.6 Å². The van der Waals surface area contributed by atoms with Gasteiger partial charge in [-0.25, -0.2) is 0 Å². The van der Waals surface area contributed by atoms with Gasteiger partial charge in [0.2, 0.25) is 5.91 Å². The Morgan fingerprint density at radius 1 is 1.00 bits per heavy atom. The van der Waals surface area contributed by atoms with Crippen LogP contribution < -0.4 is 5.32 Å². The maximum absolute atomic E-state index is 12.2. The largest absolute Gasteiger partial charge is 0.351 e. The first kappa shape index (κ1) is 17.8. The molecule has 0 spiro atoms. The van der Waals surface area contributed by atoms with Gasteiger partial charge in [0, 0.05) is 22.0 Å². The van der Waals surface area contributed by atoms with Crippen molar-refractivity contribution in [2.45, 2.75) is 38.6 Å². The zero-order chi connectivity index (χ0) is 16.9. The van der Waals surface area contributed by atoms with Crippen molar-refractivity contribution in [3.63, 3.8) is 0 Å². The number of rotatable bonds is 6. The van der Waals surface area contributed by atoms with Gasteiger partial charge in [0.05, 0.1) is 0 Å². The Bertz CT molecular complexity index is 648. The van der Waals surface area contributed by atoms with Crippen molar-refractivity contribution in [2.24, 2.45) is 0 Å². The molecule has 4 heteroatoms. The summed E-state index contributed by atoms with van der Waals surface area (Å²) in [5, 5.41) is 4.30. The molecule has 0 radical (unpaired) electrons. The van der Waals surface area contributed by atoms with E-state index in [1.807, 2.05) is 32.0 Å². The second-order valence-electron chi connectivity index (χ2n) is 6.29. The molecule has 0 aromatic heterocycles. The molecule has 0 unspecified atom stereocenters.